The summed E-state index contributed by atoms with van der Waals surface area (Å²) >= 11 is 0. The van der Waals surface area contributed by atoms with Crippen LogP contribution in [0.3, 0.4) is 0 Å². The monoisotopic (exact) mass is 541 g/mol. The zero-order chi connectivity index (χ0) is 28.2. The van der Waals surface area contributed by atoms with Crippen LogP contribution in [-0.4, -0.2) is 28.8 Å². The maximum absolute atomic E-state index is 13.8. The van der Waals surface area contributed by atoms with E-state index < -0.39 is 35.8 Å². The summed E-state index contributed by atoms with van der Waals surface area (Å²) in [6, 6.07) is 23.7. The van der Waals surface area contributed by atoms with Crippen LogP contribution >= 0.6 is 0 Å². The lowest BCUT2D eigenvalue weighted by Gasteiger charge is -2.24. The van der Waals surface area contributed by atoms with E-state index in [1.807, 2.05) is 13.0 Å². The molecule has 40 heavy (non-hydrogen) atoms. The molecule has 1 aliphatic rings. The summed E-state index contributed by atoms with van der Waals surface area (Å²) in [5.41, 5.74) is 3.32. The van der Waals surface area contributed by atoms with Crippen molar-refractivity contribution in [2.24, 2.45) is 0 Å². The molecule has 1 saturated heterocycles. The average molecular weight is 542 g/mol. The van der Waals surface area contributed by atoms with E-state index in [9.17, 15) is 23.2 Å². The standard InChI is InChI=1S/C31H25F2N3O4/c1-19-4-2-5-22(16-19)29(37)34-25-14-10-21(11-15-25)28-27(30(38)35-26-7-3-6-24(33)17-26)36(31(39)40-28)18-20-8-12-23(32)13-9-20/h2-17,27-28H,18H2,1H3,(H,34,37)(H,35,38)/t27-,28+/m1/s1. The Bertz CT molecular complexity index is 1560. The molecule has 0 spiro atoms. The number of nitrogens with one attached hydrogen (secondary N) is 2. The summed E-state index contributed by atoms with van der Waals surface area (Å²) in [6.07, 6.45) is -1.73. The van der Waals surface area contributed by atoms with Crippen LogP contribution in [0.2, 0.25) is 0 Å². The van der Waals surface area contributed by atoms with Crippen molar-refractivity contribution in [3.8, 4) is 0 Å². The van der Waals surface area contributed by atoms with Crippen molar-refractivity contribution in [2.75, 3.05) is 10.6 Å². The average Bonchev–Trinajstić information content (AvgIpc) is 3.26. The molecule has 1 heterocycles. The second-order valence-corrected chi connectivity index (χ2v) is 9.45. The molecule has 3 amide bonds. The summed E-state index contributed by atoms with van der Waals surface area (Å²) in [4.78, 5) is 40.3. The van der Waals surface area contributed by atoms with Gasteiger partial charge in [0, 0.05) is 16.9 Å². The number of cyclic esters (lactones) is 1. The first kappa shape index (κ1) is 26.6. The SMILES string of the molecule is Cc1cccc(C(=O)Nc2ccc([C@@H]3OC(=O)N(Cc4ccc(F)cc4)[C@H]3C(=O)Nc3cccc(F)c3)cc2)c1. The molecule has 5 rings (SSSR count). The molecule has 202 valence electrons. The molecule has 2 N–H and O–H groups in total. The van der Waals surface area contributed by atoms with Gasteiger partial charge in [0.15, 0.2) is 12.1 Å². The van der Waals surface area contributed by atoms with Crippen LogP contribution in [0.1, 0.15) is 33.2 Å². The van der Waals surface area contributed by atoms with Crippen LogP contribution < -0.4 is 10.6 Å². The highest BCUT2D eigenvalue weighted by Gasteiger charge is 2.47. The van der Waals surface area contributed by atoms with E-state index in [1.54, 1.807) is 42.5 Å². The molecule has 1 fully saturated rings. The van der Waals surface area contributed by atoms with E-state index in [0.717, 1.165) is 5.56 Å². The fraction of sp³-hybridized carbons (Fsp3) is 0.129. The zero-order valence-electron chi connectivity index (χ0n) is 21.4. The number of halogens is 2. The lowest BCUT2D eigenvalue weighted by Crippen LogP contribution is -2.43. The molecule has 0 unspecified atom stereocenters. The number of anilines is 2. The molecule has 0 radical (unpaired) electrons. The first-order valence-corrected chi connectivity index (χ1v) is 12.5. The third-order valence-electron chi connectivity index (χ3n) is 6.49. The molecular formula is C31H25F2N3O4. The van der Waals surface area contributed by atoms with Crippen LogP contribution in [0.25, 0.3) is 0 Å². The van der Waals surface area contributed by atoms with E-state index in [2.05, 4.69) is 10.6 Å². The van der Waals surface area contributed by atoms with Crippen molar-refractivity contribution in [3.05, 3.63) is 131 Å². The Morgan fingerprint density at radius 1 is 0.825 bits per heavy atom. The normalized spacial score (nSPS) is 16.4. The molecule has 4 aromatic rings. The third-order valence-corrected chi connectivity index (χ3v) is 6.49. The fourth-order valence-corrected chi connectivity index (χ4v) is 4.52. The predicted molar refractivity (Wildman–Crippen MR) is 146 cm³/mol. The van der Waals surface area contributed by atoms with Gasteiger partial charge in [-0.15, -0.1) is 0 Å². The summed E-state index contributed by atoms with van der Waals surface area (Å²) in [7, 11) is 0. The lowest BCUT2D eigenvalue weighted by atomic mass is 10.00. The molecule has 9 heteroatoms. The van der Waals surface area contributed by atoms with Gasteiger partial charge in [-0.25, -0.2) is 13.6 Å². The molecule has 0 aliphatic carbocycles. The van der Waals surface area contributed by atoms with E-state index in [1.165, 1.54) is 53.4 Å². The topological polar surface area (TPSA) is 87.7 Å². The van der Waals surface area contributed by atoms with Gasteiger partial charge in [-0.1, -0.05) is 48.0 Å². The number of ether oxygens (including phenoxy) is 1. The van der Waals surface area contributed by atoms with E-state index in [0.29, 0.717) is 22.4 Å². The molecule has 0 aromatic heterocycles. The first-order valence-electron chi connectivity index (χ1n) is 12.5. The number of nitrogens with zero attached hydrogens (tertiary/aromatic N) is 1. The quantitative estimate of drug-likeness (QED) is 0.291. The number of hydrogen-bond acceptors (Lipinski definition) is 4. The number of rotatable bonds is 7. The lowest BCUT2D eigenvalue weighted by molar-refractivity contribution is -0.121. The van der Waals surface area contributed by atoms with Gasteiger partial charge in [-0.2, -0.15) is 0 Å². The Kier molecular flexibility index (Phi) is 7.54. The Morgan fingerprint density at radius 2 is 1.55 bits per heavy atom. The third kappa shape index (κ3) is 5.99. The van der Waals surface area contributed by atoms with Crippen molar-refractivity contribution >= 4 is 29.3 Å². The van der Waals surface area contributed by atoms with E-state index in [4.69, 9.17) is 4.74 Å². The largest absolute Gasteiger partial charge is 0.438 e. The van der Waals surface area contributed by atoms with Crippen molar-refractivity contribution in [3.63, 3.8) is 0 Å². The minimum absolute atomic E-state index is 0.0124. The van der Waals surface area contributed by atoms with E-state index >= 15 is 0 Å². The Hall–Kier alpha value is -5.05. The number of benzene rings is 4. The summed E-state index contributed by atoms with van der Waals surface area (Å²) in [5, 5.41) is 5.49. The van der Waals surface area contributed by atoms with Gasteiger partial charge in [0.1, 0.15) is 11.6 Å². The molecule has 0 bridgehead atoms. The second kappa shape index (κ2) is 11.4. The minimum atomic E-state index is -1.12. The van der Waals surface area contributed by atoms with Crippen LogP contribution in [0, 0.1) is 18.6 Å². The van der Waals surface area contributed by atoms with Gasteiger partial charge in [-0.3, -0.25) is 14.5 Å². The number of carbonyl (C=O) groups is 3. The fourth-order valence-electron chi connectivity index (χ4n) is 4.52. The predicted octanol–water partition coefficient (Wildman–Crippen LogP) is 6.23. The van der Waals surface area contributed by atoms with Gasteiger partial charge in [0.25, 0.3) is 11.8 Å². The molecular weight excluding hydrogens is 516 g/mol. The van der Waals surface area contributed by atoms with Crippen LogP contribution in [0.4, 0.5) is 25.0 Å². The van der Waals surface area contributed by atoms with Crippen molar-refractivity contribution in [1.82, 2.24) is 4.90 Å². The van der Waals surface area contributed by atoms with Crippen molar-refractivity contribution in [1.29, 1.82) is 0 Å². The Labute approximate surface area is 229 Å². The number of amides is 3. The summed E-state index contributed by atoms with van der Waals surface area (Å²) in [5.74, 6) is -1.82. The van der Waals surface area contributed by atoms with E-state index in [-0.39, 0.29) is 18.1 Å². The van der Waals surface area contributed by atoms with Gasteiger partial charge in [-0.05, 0) is 72.6 Å². The smallest absolute Gasteiger partial charge is 0.411 e. The highest BCUT2D eigenvalue weighted by Crippen LogP contribution is 2.35. The van der Waals surface area contributed by atoms with Crippen LogP contribution in [0.15, 0.2) is 97.1 Å². The van der Waals surface area contributed by atoms with Crippen LogP contribution in [-0.2, 0) is 16.1 Å². The molecule has 1 aliphatic heterocycles. The highest BCUT2D eigenvalue weighted by molar-refractivity contribution is 6.04. The maximum atomic E-state index is 13.8. The summed E-state index contributed by atoms with van der Waals surface area (Å²) < 4.78 is 32.8. The van der Waals surface area contributed by atoms with Gasteiger partial charge >= 0.3 is 6.09 Å². The van der Waals surface area contributed by atoms with Crippen molar-refractivity contribution < 1.29 is 27.9 Å². The summed E-state index contributed by atoms with van der Waals surface area (Å²) in [6.45, 7) is 1.89. The first-order chi connectivity index (χ1) is 19.3. The minimum Gasteiger partial charge on any atom is -0.438 e. The number of hydrogen-bond donors (Lipinski definition) is 2. The molecule has 7 nitrogen and oxygen atoms in total. The molecule has 2 atom stereocenters. The molecule has 0 saturated carbocycles. The Balaban J connectivity index is 1.39. The second-order valence-electron chi connectivity index (χ2n) is 9.45. The van der Waals surface area contributed by atoms with Gasteiger partial charge in [0.2, 0.25) is 0 Å². The molecule has 4 aromatic carbocycles. The maximum Gasteiger partial charge on any atom is 0.411 e. The van der Waals surface area contributed by atoms with Gasteiger partial charge < -0.3 is 15.4 Å². The van der Waals surface area contributed by atoms with Crippen molar-refractivity contribution in [2.45, 2.75) is 25.6 Å². The number of aryl methyl sites for hydroxylation is 1. The highest BCUT2D eigenvalue weighted by atomic mass is 19.1. The van der Waals surface area contributed by atoms with Gasteiger partial charge in [0.05, 0.1) is 6.54 Å². The number of carbonyl (C=O) groups excluding carboxylic acids is 3. The van der Waals surface area contributed by atoms with Crippen LogP contribution in [0.5, 0.6) is 0 Å². The Morgan fingerprint density at radius 3 is 2.25 bits per heavy atom. The zero-order valence-corrected chi connectivity index (χ0v) is 21.4.